The van der Waals surface area contributed by atoms with Crippen molar-refractivity contribution in [2.45, 2.75) is 19.3 Å². The third-order valence-corrected chi connectivity index (χ3v) is 5.16. The molecule has 136 valence electrons. The van der Waals surface area contributed by atoms with Crippen LogP contribution in [0.5, 0.6) is 5.75 Å². The zero-order valence-electron chi connectivity index (χ0n) is 15.1. The predicted molar refractivity (Wildman–Crippen MR) is 109 cm³/mol. The Kier molecular flexibility index (Phi) is 5.07. The Morgan fingerprint density at radius 2 is 1.93 bits per heavy atom. The van der Waals surface area contributed by atoms with Gasteiger partial charge in [0.1, 0.15) is 11.4 Å². The Bertz CT molecular complexity index is 1060. The lowest BCUT2D eigenvalue weighted by atomic mass is 10.0. The molecule has 5 heteroatoms. The largest absolute Gasteiger partial charge is 0.495 e. The molecule has 0 amide bonds. The lowest BCUT2D eigenvalue weighted by molar-refractivity contribution is 0.414. The molecule has 1 aromatic carbocycles. The molecule has 0 spiro atoms. The highest BCUT2D eigenvalue weighted by molar-refractivity contribution is 6.32. The van der Waals surface area contributed by atoms with E-state index in [1.54, 1.807) is 13.3 Å². The number of rotatable bonds is 6. The maximum absolute atomic E-state index is 6.37. The van der Waals surface area contributed by atoms with E-state index < -0.39 is 0 Å². The maximum atomic E-state index is 6.37. The van der Waals surface area contributed by atoms with E-state index in [2.05, 4.69) is 33.2 Å². The number of hydrogen-bond acceptors (Lipinski definition) is 3. The molecule has 4 aromatic rings. The van der Waals surface area contributed by atoms with E-state index in [1.165, 1.54) is 11.1 Å². The van der Waals surface area contributed by atoms with Crippen molar-refractivity contribution < 1.29 is 4.74 Å². The normalized spacial score (nSPS) is 11.0. The zero-order valence-corrected chi connectivity index (χ0v) is 15.8. The summed E-state index contributed by atoms with van der Waals surface area (Å²) < 4.78 is 5.28. The molecule has 0 unspecified atom stereocenters. The molecule has 0 saturated carbocycles. The molecule has 3 aromatic heterocycles. The van der Waals surface area contributed by atoms with Crippen LogP contribution < -0.4 is 4.74 Å². The summed E-state index contributed by atoms with van der Waals surface area (Å²) in [6.45, 7) is 0. The highest BCUT2D eigenvalue weighted by Crippen LogP contribution is 2.28. The van der Waals surface area contributed by atoms with Gasteiger partial charge in [0.05, 0.1) is 12.1 Å². The molecule has 0 atom stereocenters. The fourth-order valence-corrected chi connectivity index (χ4v) is 3.55. The van der Waals surface area contributed by atoms with Crippen LogP contribution in [0.2, 0.25) is 5.02 Å². The second-order valence-corrected chi connectivity index (χ2v) is 6.86. The van der Waals surface area contributed by atoms with Gasteiger partial charge in [0.25, 0.3) is 0 Å². The van der Waals surface area contributed by atoms with Crippen molar-refractivity contribution in [2.24, 2.45) is 0 Å². The van der Waals surface area contributed by atoms with E-state index in [0.717, 1.165) is 41.6 Å². The Labute approximate surface area is 163 Å². The number of pyridine rings is 2. The van der Waals surface area contributed by atoms with Crippen LogP contribution in [0.15, 0.2) is 61.1 Å². The molecular weight excluding hydrogens is 358 g/mol. The van der Waals surface area contributed by atoms with E-state index in [0.29, 0.717) is 10.8 Å². The summed E-state index contributed by atoms with van der Waals surface area (Å²) in [5.74, 6) is 0.714. The topological polar surface area (TPSA) is 50.8 Å². The van der Waals surface area contributed by atoms with Crippen molar-refractivity contribution >= 4 is 22.6 Å². The quantitative estimate of drug-likeness (QED) is 0.514. The number of fused-ring (bicyclic) bond motifs is 1. The number of nitrogens with one attached hydrogen (secondary N) is 1. The molecule has 3 heterocycles. The molecule has 0 aliphatic heterocycles. The van der Waals surface area contributed by atoms with Gasteiger partial charge in [-0.2, -0.15) is 0 Å². The van der Waals surface area contributed by atoms with Crippen LogP contribution in [0.25, 0.3) is 11.0 Å². The number of aromatic nitrogens is 3. The van der Waals surface area contributed by atoms with E-state index in [1.807, 2.05) is 36.7 Å². The summed E-state index contributed by atoms with van der Waals surface area (Å²) in [6.07, 6.45) is 8.28. The lowest BCUT2D eigenvalue weighted by Gasteiger charge is -2.08. The Morgan fingerprint density at radius 1 is 1.00 bits per heavy atom. The minimum atomic E-state index is 0.685. The van der Waals surface area contributed by atoms with Gasteiger partial charge < -0.3 is 9.72 Å². The van der Waals surface area contributed by atoms with Crippen LogP contribution in [0, 0.1) is 0 Å². The first-order chi connectivity index (χ1) is 13.2. The van der Waals surface area contributed by atoms with Gasteiger partial charge >= 0.3 is 0 Å². The molecule has 1 N–H and O–H groups in total. The number of H-pyrrole nitrogens is 1. The number of methoxy groups -OCH3 is 1. The fraction of sp³-hybridized carbons (Fsp3) is 0.182. The highest BCUT2D eigenvalue weighted by atomic mass is 35.5. The number of aryl methyl sites for hydroxylation is 2. The Morgan fingerprint density at radius 3 is 2.74 bits per heavy atom. The molecule has 4 rings (SSSR count). The number of benzene rings is 1. The lowest BCUT2D eigenvalue weighted by Crippen LogP contribution is -1.97. The highest BCUT2D eigenvalue weighted by Gasteiger charge is 2.08. The summed E-state index contributed by atoms with van der Waals surface area (Å²) in [4.78, 5) is 12.2. The van der Waals surface area contributed by atoms with Crippen LogP contribution >= 0.6 is 11.6 Å². The number of hydrogen-bond donors (Lipinski definition) is 1. The summed E-state index contributed by atoms with van der Waals surface area (Å²) in [5, 5.41) is 1.85. The van der Waals surface area contributed by atoms with Crippen LogP contribution in [-0.2, 0) is 19.3 Å². The average molecular weight is 378 g/mol. The molecule has 0 radical (unpaired) electrons. The van der Waals surface area contributed by atoms with Gasteiger partial charge in [-0.3, -0.25) is 4.98 Å². The van der Waals surface area contributed by atoms with E-state index in [-0.39, 0.29) is 0 Å². The second kappa shape index (κ2) is 7.80. The minimum absolute atomic E-state index is 0.685. The molecule has 27 heavy (non-hydrogen) atoms. The van der Waals surface area contributed by atoms with Crippen molar-refractivity contribution in [3.8, 4) is 5.75 Å². The standard InChI is InChI=1S/C22H20ClN3O/c1-27-20-6-2-4-16(21(20)23)8-10-18-9-7-15(13-25-18)12-17-14-26-22-19(17)5-3-11-24-22/h2-7,9,11,13-14H,8,10,12H2,1H3,(H,24,26). The molecular formula is C22H20ClN3O. The van der Waals surface area contributed by atoms with E-state index >= 15 is 0 Å². The van der Waals surface area contributed by atoms with Gasteiger partial charge in [-0.1, -0.05) is 29.8 Å². The number of nitrogens with zero attached hydrogens (tertiary/aromatic N) is 2. The first-order valence-corrected chi connectivity index (χ1v) is 9.28. The zero-order chi connectivity index (χ0) is 18.6. The van der Waals surface area contributed by atoms with Crippen molar-refractivity contribution in [3.63, 3.8) is 0 Å². The monoisotopic (exact) mass is 377 g/mol. The number of aromatic amines is 1. The van der Waals surface area contributed by atoms with Gasteiger partial charge in [-0.05, 0) is 53.8 Å². The minimum Gasteiger partial charge on any atom is -0.495 e. The molecule has 0 saturated heterocycles. The summed E-state index contributed by atoms with van der Waals surface area (Å²) >= 11 is 6.37. The average Bonchev–Trinajstić information content (AvgIpc) is 3.11. The van der Waals surface area contributed by atoms with Crippen molar-refractivity contribution in [2.75, 3.05) is 7.11 Å². The van der Waals surface area contributed by atoms with Crippen LogP contribution in [-0.4, -0.2) is 22.1 Å². The Balaban J connectivity index is 1.43. The second-order valence-electron chi connectivity index (χ2n) is 6.48. The van der Waals surface area contributed by atoms with Crippen molar-refractivity contribution in [3.05, 3.63) is 88.5 Å². The Hall–Kier alpha value is -2.85. The third kappa shape index (κ3) is 3.81. The van der Waals surface area contributed by atoms with Gasteiger partial charge in [0.15, 0.2) is 0 Å². The van der Waals surface area contributed by atoms with E-state index in [4.69, 9.17) is 16.3 Å². The SMILES string of the molecule is COc1cccc(CCc2ccc(Cc3c[nH]c4ncccc34)cn2)c1Cl. The first kappa shape index (κ1) is 17.6. The van der Waals surface area contributed by atoms with Crippen LogP contribution in [0.3, 0.4) is 0 Å². The fourth-order valence-electron chi connectivity index (χ4n) is 3.26. The molecule has 0 aliphatic rings. The van der Waals surface area contributed by atoms with Gasteiger partial charge in [-0.15, -0.1) is 0 Å². The summed E-state index contributed by atoms with van der Waals surface area (Å²) in [7, 11) is 1.63. The predicted octanol–water partition coefficient (Wildman–Crippen LogP) is 5.00. The molecule has 0 aliphatic carbocycles. The number of ether oxygens (including phenoxy) is 1. The molecule has 0 fully saturated rings. The van der Waals surface area contributed by atoms with Gasteiger partial charge in [-0.25, -0.2) is 4.98 Å². The third-order valence-electron chi connectivity index (χ3n) is 4.73. The van der Waals surface area contributed by atoms with Crippen molar-refractivity contribution in [1.82, 2.24) is 15.0 Å². The first-order valence-electron chi connectivity index (χ1n) is 8.91. The van der Waals surface area contributed by atoms with E-state index in [9.17, 15) is 0 Å². The summed E-state index contributed by atoms with van der Waals surface area (Å²) in [5.41, 5.74) is 5.47. The van der Waals surface area contributed by atoms with Gasteiger partial charge in [0.2, 0.25) is 0 Å². The van der Waals surface area contributed by atoms with Crippen LogP contribution in [0.4, 0.5) is 0 Å². The van der Waals surface area contributed by atoms with Gasteiger partial charge in [0, 0.05) is 36.1 Å². The molecule has 0 bridgehead atoms. The van der Waals surface area contributed by atoms with Crippen molar-refractivity contribution in [1.29, 1.82) is 0 Å². The summed E-state index contributed by atoms with van der Waals surface area (Å²) in [6, 6.07) is 14.2. The smallest absolute Gasteiger partial charge is 0.137 e. The van der Waals surface area contributed by atoms with Crippen LogP contribution in [0.1, 0.15) is 22.4 Å². The number of halogens is 1. The molecule has 4 nitrogen and oxygen atoms in total. The maximum Gasteiger partial charge on any atom is 0.137 e.